The van der Waals surface area contributed by atoms with Crippen LogP contribution < -0.4 is 5.32 Å². The molecule has 3 heterocycles. The summed E-state index contributed by atoms with van der Waals surface area (Å²) in [4.78, 5) is 9.12. The number of aromatic nitrogens is 3. The Hall–Kier alpha value is -1.75. The van der Waals surface area contributed by atoms with Crippen LogP contribution in [0.15, 0.2) is 22.9 Å². The zero-order chi connectivity index (χ0) is 14.7. The highest BCUT2D eigenvalue weighted by Gasteiger charge is 2.37. The summed E-state index contributed by atoms with van der Waals surface area (Å²) in [6.07, 6.45) is 5.82. The summed E-state index contributed by atoms with van der Waals surface area (Å²) in [5, 5.41) is 7.59. The first-order chi connectivity index (χ1) is 10.3. The van der Waals surface area contributed by atoms with E-state index in [0.29, 0.717) is 5.82 Å². The van der Waals surface area contributed by atoms with Crippen LogP contribution in [0, 0.1) is 0 Å². The van der Waals surface area contributed by atoms with E-state index in [1.165, 1.54) is 0 Å². The minimum absolute atomic E-state index is 0.0255. The molecule has 0 aromatic carbocycles. The summed E-state index contributed by atoms with van der Waals surface area (Å²) in [6.45, 7) is 6.33. The highest BCUT2D eigenvalue weighted by molar-refractivity contribution is 5.53. The lowest BCUT2D eigenvalue weighted by molar-refractivity contribution is 0.216. The number of aryl methyl sites for hydroxylation is 1. The maximum atomic E-state index is 5.62. The molecule has 0 bridgehead atoms. The summed E-state index contributed by atoms with van der Waals surface area (Å²) in [5.74, 6) is 1.39. The molecule has 0 atom stereocenters. The van der Waals surface area contributed by atoms with Gasteiger partial charge in [0, 0.05) is 6.20 Å². The Labute approximate surface area is 125 Å². The van der Waals surface area contributed by atoms with E-state index in [1.807, 2.05) is 6.07 Å². The number of nitrogens with zero attached hydrogens (tertiary/aromatic N) is 3. The van der Waals surface area contributed by atoms with E-state index in [-0.39, 0.29) is 5.41 Å². The summed E-state index contributed by atoms with van der Waals surface area (Å²) in [5.41, 5.74) is 2.02. The normalized spacial score (nSPS) is 17.8. The van der Waals surface area contributed by atoms with Gasteiger partial charge >= 0.3 is 0 Å². The molecule has 112 valence electrons. The number of hydrogen-bond acceptors (Lipinski definition) is 5. The summed E-state index contributed by atoms with van der Waals surface area (Å²) >= 11 is 0. The fourth-order valence-corrected chi connectivity index (χ4v) is 3.08. The Bertz CT molecular complexity index is 602. The zero-order valence-electron chi connectivity index (χ0n) is 12.7. The molecule has 1 N–H and O–H groups in total. The van der Waals surface area contributed by atoms with E-state index in [0.717, 1.165) is 55.9 Å². The lowest BCUT2D eigenvalue weighted by Gasteiger charge is -2.33. The second kappa shape index (κ2) is 5.93. The molecule has 3 rings (SSSR count). The van der Waals surface area contributed by atoms with Crippen molar-refractivity contribution in [3.05, 3.63) is 29.8 Å². The van der Waals surface area contributed by atoms with Crippen LogP contribution in [0.2, 0.25) is 0 Å². The SMILES string of the molecule is CCc1cccnc1-c1noc(C2(CC)CCNCC2)n1. The Morgan fingerprint density at radius 2 is 2.10 bits per heavy atom. The van der Waals surface area contributed by atoms with E-state index in [1.54, 1.807) is 6.20 Å². The maximum Gasteiger partial charge on any atom is 0.233 e. The van der Waals surface area contributed by atoms with Gasteiger partial charge in [0.1, 0.15) is 5.69 Å². The number of piperidine rings is 1. The third-order valence-electron chi connectivity index (χ3n) is 4.60. The molecule has 0 aliphatic carbocycles. The van der Waals surface area contributed by atoms with Crippen molar-refractivity contribution < 1.29 is 4.52 Å². The molecular formula is C16H22N4O. The van der Waals surface area contributed by atoms with Gasteiger partial charge in [-0.2, -0.15) is 4.98 Å². The first-order valence-corrected chi connectivity index (χ1v) is 7.78. The summed E-state index contributed by atoms with van der Waals surface area (Å²) in [6, 6.07) is 4.02. The summed E-state index contributed by atoms with van der Waals surface area (Å²) < 4.78 is 5.62. The van der Waals surface area contributed by atoms with Gasteiger partial charge in [-0.1, -0.05) is 25.1 Å². The Morgan fingerprint density at radius 3 is 2.81 bits per heavy atom. The van der Waals surface area contributed by atoms with Gasteiger partial charge in [-0.3, -0.25) is 4.98 Å². The average molecular weight is 286 g/mol. The lowest BCUT2D eigenvalue weighted by Crippen LogP contribution is -2.39. The second-order valence-electron chi connectivity index (χ2n) is 5.67. The minimum Gasteiger partial charge on any atom is -0.338 e. The average Bonchev–Trinajstić information content (AvgIpc) is 3.06. The van der Waals surface area contributed by atoms with Crippen molar-refractivity contribution in [3.63, 3.8) is 0 Å². The van der Waals surface area contributed by atoms with Gasteiger partial charge < -0.3 is 9.84 Å². The molecule has 1 saturated heterocycles. The van der Waals surface area contributed by atoms with Gasteiger partial charge in [-0.05, 0) is 50.4 Å². The van der Waals surface area contributed by atoms with Crippen molar-refractivity contribution in [1.82, 2.24) is 20.4 Å². The largest absolute Gasteiger partial charge is 0.338 e. The molecular weight excluding hydrogens is 264 g/mol. The topological polar surface area (TPSA) is 63.8 Å². The Kier molecular flexibility index (Phi) is 4.01. The highest BCUT2D eigenvalue weighted by Crippen LogP contribution is 2.36. The molecule has 2 aromatic heterocycles. The number of rotatable bonds is 4. The van der Waals surface area contributed by atoms with Gasteiger partial charge in [-0.25, -0.2) is 0 Å². The molecule has 1 aliphatic heterocycles. The van der Waals surface area contributed by atoms with E-state index < -0.39 is 0 Å². The molecule has 0 radical (unpaired) electrons. The van der Waals surface area contributed by atoms with Crippen LogP contribution in [-0.2, 0) is 11.8 Å². The monoisotopic (exact) mass is 286 g/mol. The third-order valence-corrected chi connectivity index (χ3v) is 4.60. The molecule has 21 heavy (non-hydrogen) atoms. The van der Waals surface area contributed by atoms with Crippen LogP contribution in [0.1, 0.15) is 44.6 Å². The first-order valence-electron chi connectivity index (χ1n) is 7.78. The van der Waals surface area contributed by atoms with Crippen molar-refractivity contribution in [2.24, 2.45) is 0 Å². The Morgan fingerprint density at radius 1 is 1.29 bits per heavy atom. The van der Waals surface area contributed by atoms with Crippen molar-refractivity contribution in [2.45, 2.75) is 44.9 Å². The first kappa shape index (κ1) is 14.2. The molecule has 0 unspecified atom stereocenters. The highest BCUT2D eigenvalue weighted by atomic mass is 16.5. The Balaban J connectivity index is 1.96. The predicted octanol–water partition coefficient (Wildman–Crippen LogP) is 2.73. The molecule has 1 aliphatic rings. The van der Waals surface area contributed by atoms with E-state index >= 15 is 0 Å². The van der Waals surface area contributed by atoms with Gasteiger partial charge in [0.25, 0.3) is 0 Å². The van der Waals surface area contributed by atoms with Crippen LogP contribution in [-0.4, -0.2) is 28.2 Å². The van der Waals surface area contributed by atoms with Gasteiger partial charge in [-0.15, -0.1) is 0 Å². The van der Waals surface area contributed by atoms with Gasteiger partial charge in [0.15, 0.2) is 0 Å². The second-order valence-corrected chi connectivity index (χ2v) is 5.67. The zero-order valence-corrected chi connectivity index (χ0v) is 12.7. The molecule has 0 amide bonds. The van der Waals surface area contributed by atoms with Gasteiger partial charge in [0.05, 0.1) is 5.41 Å². The molecule has 5 heteroatoms. The van der Waals surface area contributed by atoms with Gasteiger partial charge in [0.2, 0.25) is 11.7 Å². The van der Waals surface area contributed by atoms with Crippen LogP contribution in [0.4, 0.5) is 0 Å². The van der Waals surface area contributed by atoms with Crippen molar-refractivity contribution in [3.8, 4) is 11.5 Å². The third kappa shape index (κ3) is 2.58. The molecule has 2 aromatic rings. The van der Waals surface area contributed by atoms with E-state index in [4.69, 9.17) is 4.52 Å². The standard InChI is InChI=1S/C16H22N4O/c1-3-12-6-5-9-18-13(12)14-19-15(21-20-14)16(4-2)7-10-17-11-8-16/h5-6,9,17H,3-4,7-8,10-11H2,1-2H3. The van der Waals surface area contributed by atoms with Crippen LogP contribution >= 0.6 is 0 Å². The lowest BCUT2D eigenvalue weighted by atomic mass is 9.76. The fourth-order valence-electron chi connectivity index (χ4n) is 3.08. The van der Waals surface area contributed by atoms with Crippen molar-refractivity contribution in [1.29, 1.82) is 0 Å². The molecule has 1 fully saturated rings. The quantitative estimate of drug-likeness (QED) is 0.936. The van der Waals surface area contributed by atoms with E-state index in [2.05, 4.69) is 40.4 Å². The van der Waals surface area contributed by atoms with Crippen LogP contribution in [0.3, 0.4) is 0 Å². The minimum atomic E-state index is 0.0255. The van der Waals surface area contributed by atoms with Crippen molar-refractivity contribution >= 4 is 0 Å². The predicted molar refractivity (Wildman–Crippen MR) is 81.0 cm³/mol. The summed E-state index contributed by atoms with van der Waals surface area (Å²) in [7, 11) is 0. The molecule has 0 spiro atoms. The number of hydrogen-bond donors (Lipinski definition) is 1. The van der Waals surface area contributed by atoms with Crippen molar-refractivity contribution in [2.75, 3.05) is 13.1 Å². The number of nitrogens with one attached hydrogen (secondary N) is 1. The van der Waals surface area contributed by atoms with E-state index in [9.17, 15) is 0 Å². The van der Waals surface area contributed by atoms with Crippen LogP contribution in [0.25, 0.3) is 11.5 Å². The smallest absolute Gasteiger partial charge is 0.233 e. The number of pyridine rings is 1. The molecule has 0 saturated carbocycles. The molecule has 5 nitrogen and oxygen atoms in total. The van der Waals surface area contributed by atoms with Crippen LogP contribution in [0.5, 0.6) is 0 Å². The maximum absolute atomic E-state index is 5.62. The fraction of sp³-hybridized carbons (Fsp3) is 0.562.